The lowest BCUT2D eigenvalue weighted by atomic mass is 10.1. The second kappa shape index (κ2) is 8.70. The van der Waals surface area contributed by atoms with Crippen LogP contribution in [0.4, 0.5) is 0 Å². The highest BCUT2D eigenvalue weighted by atomic mass is 32.1. The molecule has 5 heteroatoms. The minimum Gasteiger partial charge on any atom is -0.352 e. The monoisotopic (exact) mass is 330 g/mol. The number of aryl methyl sites for hydroxylation is 1. The first kappa shape index (κ1) is 17.5. The van der Waals surface area contributed by atoms with Gasteiger partial charge in [-0.25, -0.2) is 0 Å². The average molecular weight is 331 g/mol. The molecule has 1 aromatic carbocycles. The number of aliphatic imine (C=N–C) groups is 1. The molecule has 23 heavy (non-hydrogen) atoms. The zero-order valence-electron chi connectivity index (χ0n) is 14.4. The Hall–Kier alpha value is -1.85. The fourth-order valence-electron chi connectivity index (χ4n) is 2.36. The Morgan fingerprint density at radius 3 is 2.48 bits per heavy atom. The molecule has 0 aliphatic carbocycles. The summed E-state index contributed by atoms with van der Waals surface area (Å²) in [7, 11) is 5.98. The van der Waals surface area contributed by atoms with Crippen LogP contribution in [0.5, 0.6) is 0 Å². The SMILES string of the molecule is CN=C(NCc1cccc(CN(C)C)c1)NCc1ccc(C)s1. The van der Waals surface area contributed by atoms with E-state index in [1.807, 2.05) is 11.3 Å². The highest BCUT2D eigenvalue weighted by Gasteiger charge is 2.02. The van der Waals surface area contributed by atoms with Crippen LogP contribution in [0.2, 0.25) is 0 Å². The third-order valence-electron chi connectivity index (χ3n) is 3.40. The van der Waals surface area contributed by atoms with Crippen molar-refractivity contribution in [3.63, 3.8) is 0 Å². The summed E-state index contributed by atoms with van der Waals surface area (Å²) in [5.41, 5.74) is 2.59. The van der Waals surface area contributed by atoms with Gasteiger partial charge in [-0.3, -0.25) is 4.99 Å². The number of rotatable bonds is 6. The predicted molar refractivity (Wildman–Crippen MR) is 99.9 cm³/mol. The summed E-state index contributed by atoms with van der Waals surface area (Å²) in [6, 6.07) is 13.0. The Morgan fingerprint density at radius 2 is 1.83 bits per heavy atom. The van der Waals surface area contributed by atoms with Crippen LogP contribution in [0.1, 0.15) is 20.9 Å². The van der Waals surface area contributed by atoms with E-state index in [0.29, 0.717) is 0 Å². The maximum Gasteiger partial charge on any atom is 0.191 e. The number of nitrogens with zero attached hydrogens (tertiary/aromatic N) is 2. The molecule has 0 bridgehead atoms. The molecule has 2 aromatic rings. The Balaban J connectivity index is 1.85. The number of guanidine groups is 1. The van der Waals surface area contributed by atoms with Gasteiger partial charge in [0.05, 0.1) is 6.54 Å². The van der Waals surface area contributed by atoms with E-state index in [0.717, 1.165) is 25.6 Å². The molecule has 1 heterocycles. The third kappa shape index (κ3) is 6.04. The third-order valence-corrected chi connectivity index (χ3v) is 4.40. The molecule has 1 aromatic heterocycles. The molecule has 0 radical (unpaired) electrons. The molecule has 4 nitrogen and oxygen atoms in total. The summed E-state index contributed by atoms with van der Waals surface area (Å²) in [4.78, 5) is 9.12. The van der Waals surface area contributed by atoms with Crippen LogP contribution in [0.3, 0.4) is 0 Å². The maximum atomic E-state index is 4.29. The molecule has 0 atom stereocenters. The van der Waals surface area contributed by atoms with E-state index in [1.54, 1.807) is 7.05 Å². The van der Waals surface area contributed by atoms with E-state index < -0.39 is 0 Å². The van der Waals surface area contributed by atoms with Gasteiger partial charge in [-0.05, 0) is 44.3 Å². The number of hydrogen-bond acceptors (Lipinski definition) is 3. The van der Waals surface area contributed by atoms with Crippen molar-refractivity contribution in [3.8, 4) is 0 Å². The van der Waals surface area contributed by atoms with E-state index in [2.05, 4.69) is 77.9 Å². The van der Waals surface area contributed by atoms with Crippen molar-refractivity contribution in [2.45, 2.75) is 26.6 Å². The largest absolute Gasteiger partial charge is 0.352 e. The van der Waals surface area contributed by atoms with Crippen molar-refractivity contribution in [3.05, 3.63) is 57.3 Å². The fraction of sp³-hybridized carbons (Fsp3) is 0.389. The van der Waals surface area contributed by atoms with E-state index >= 15 is 0 Å². The van der Waals surface area contributed by atoms with Crippen molar-refractivity contribution in [2.24, 2.45) is 4.99 Å². The van der Waals surface area contributed by atoms with Gasteiger partial charge < -0.3 is 15.5 Å². The van der Waals surface area contributed by atoms with Crippen molar-refractivity contribution in [1.82, 2.24) is 15.5 Å². The zero-order valence-corrected chi connectivity index (χ0v) is 15.2. The number of nitrogens with one attached hydrogen (secondary N) is 2. The highest BCUT2D eigenvalue weighted by Crippen LogP contribution is 2.14. The Labute approximate surface area is 143 Å². The lowest BCUT2D eigenvalue weighted by Crippen LogP contribution is -2.36. The molecule has 0 amide bonds. The molecule has 0 unspecified atom stereocenters. The molecule has 0 fully saturated rings. The average Bonchev–Trinajstić information content (AvgIpc) is 2.93. The number of benzene rings is 1. The Bertz CT molecular complexity index is 646. The van der Waals surface area contributed by atoms with Crippen molar-refractivity contribution in [2.75, 3.05) is 21.1 Å². The van der Waals surface area contributed by atoms with Crippen LogP contribution in [-0.4, -0.2) is 32.0 Å². The topological polar surface area (TPSA) is 39.7 Å². The minimum atomic E-state index is 0.768. The molecule has 0 saturated carbocycles. The summed E-state index contributed by atoms with van der Waals surface area (Å²) in [5, 5.41) is 6.73. The van der Waals surface area contributed by atoms with Gasteiger partial charge in [-0.2, -0.15) is 0 Å². The summed E-state index contributed by atoms with van der Waals surface area (Å²) in [6.45, 7) is 4.66. The standard InChI is InChI=1S/C18H26N4S/c1-14-8-9-17(23-14)12-21-18(19-2)20-11-15-6-5-7-16(10-15)13-22(3)4/h5-10H,11-13H2,1-4H3,(H2,19,20,21). The molecule has 0 spiro atoms. The van der Waals surface area contributed by atoms with Gasteiger partial charge in [-0.15, -0.1) is 11.3 Å². The minimum absolute atomic E-state index is 0.768. The molecule has 2 N–H and O–H groups in total. The predicted octanol–water partition coefficient (Wildman–Crippen LogP) is 2.98. The van der Waals surface area contributed by atoms with Gasteiger partial charge in [0.1, 0.15) is 0 Å². The van der Waals surface area contributed by atoms with E-state index in [9.17, 15) is 0 Å². The molecule has 0 saturated heterocycles. The fourth-order valence-corrected chi connectivity index (χ4v) is 3.19. The normalized spacial score (nSPS) is 11.8. The van der Waals surface area contributed by atoms with Crippen LogP contribution >= 0.6 is 11.3 Å². The van der Waals surface area contributed by atoms with E-state index in [-0.39, 0.29) is 0 Å². The van der Waals surface area contributed by atoms with Crippen LogP contribution in [0.25, 0.3) is 0 Å². The van der Waals surface area contributed by atoms with Gasteiger partial charge in [0.2, 0.25) is 0 Å². The van der Waals surface area contributed by atoms with Crippen LogP contribution in [0, 0.1) is 6.92 Å². The molecule has 0 aliphatic heterocycles. The summed E-state index contributed by atoms with van der Waals surface area (Å²) in [6.07, 6.45) is 0. The number of hydrogen-bond donors (Lipinski definition) is 2. The summed E-state index contributed by atoms with van der Waals surface area (Å²) < 4.78 is 0. The first-order valence-corrected chi connectivity index (χ1v) is 8.61. The van der Waals surface area contributed by atoms with Gasteiger partial charge in [0, 0.05) is 29.9 Å². The van der Waals surface area contributed by atoms with Gasteiger partial charge >= 0.3 is 0 Å². The lowest BCUT2D eigenvalue weighted by Gasteiger charge is -2.13. The zero-order chi connectivity index (χ0) is 16.7. The van der Waals surface area contributed by atoms with Crippen LogP contribution in [0.15, 0.2) is 41.4 Å². The van der Waals surface area contributed by atoms with E-state index in [4.69, 9.17) is 0 Å². The lowest BCUT2D eigenvalue weighted by molar-refractivity contribution is 0.402. The quantitative estimate of drug-likeness (QED) is 0.632. The van der Waals surface area contributed by atoms with Crippen LogP contribution < -0.4 is 10.6 Å². The van der Waals surface area contributed by atoms with E-state index in [1.165, 1.54) is 20.9 Å². The second-order valence-electron chi connectivity index (χ2n) is 5.85. The maximum absolute atomic E-state index is 4.29. The Kier molecular flexibility index (Phi) is 6.62. The smallest absolute Gasteiger partial charge is 0.191 e. The summed E-state index contributed by atoms with van der Waals surface area (Å²) in [5.74, 6) is 0.828. The second-order valence-corrected chi connectivity index (χ2v) is 7.22. The van der Waals surface area contributed by atoms with Crippen LogP contribution in [-0.2, 0) is 19.6 Å². The van der Waals surface area contributed by atoms with Crippen molar-refractivity contribution >= 4 is 17.3 Å². The van der Waals surface area contributed by atoms with Gasteiger partial charge in [0.15, 0.2) is 5.96 Å². The number of thiophene rings is 1. The molecule has 124 valence electrons. The van der Waals surface area contributed by atoms with Gasteiger partial charge in [0.25, 0.3) is 0 Å². The molecular formula is C18H26N4S. The van der Waals surface area contributed by atoms with Gasteiger partial charge in [-0.1, -0.05) is 24.3 Å². The molecule has 0 aliphatic rings. The van der Waals surface area contributed by atoms with Crippen molar-refractivity contribution in [1.29, 1.82) is 0 Å². The molecule has 2 rings (SSSR count). The first-order chi connectivity index (χ1) is 11.1. The van der Waals surface area contributed by atoms with Crippen molar-refractivity contribution < 1.29 is 0 Å². The summed E-state index contributed by atoms with van der Waals surface area (Å²) >= 11 is 1.81. The Morgan fingerprint density at radius 1 is 1.09 bits per heavy atom. The highest BCUT2D eigenvalue weighted by molar-refractivity contribution is 7.11. The molecular weight excluding hydrogens is 304 g/mol. The first-order valence-electron chi connectivity index (χ1n) is 7.79.